The quantitative estimate of drug-likeness (QED) is 0.830. The molecule has 1 aromatic carbocycles. The molecule has 0 unspecified atom stereocenters. The molecule has 21 heavy (non-hydrogen) atoms. The average molecular weight is 285 g/mol. The molecule has 1 aliphatic rings. The van der Waals surface area contributed by atoms with Crippen molar-refractivity contribution < 1.29 is 9.47 Å². The first kappa shape index (κ1) is 13.7. The summed E-state index contributed by atoms with van der Waals surface area (Å²) in [5.74, 6) is 2.19. The average Bonchev–Trinajstić information content (AvgIpc) is 3.26. The fraction of sp³-hybridized carbons (Fsp3) is 0.375. The molecule has 1 aromatic heterocycles. The second-order valence-corrected chi connectivity index (χ2v) is 5.12. The van der Waals surface area contributed by atoms with Gasteiger partial charge in [-0.15, -0.1) is 0 Å². The van der Waals surface area contributed by atoms with E-state index in [1.807, 2.05) is 24.4 Å². The Labute approximate surface area is 124 Å². The van der Waals surface area contributed by atoms with Crippen molar-refractivity contribution in [3.8, 4) is 11.5 Å². The highest BCUT2D eigenvalue weighted by atomic mass is 16.5. The molecule has 0 spiro atoms. The van der Waals surface area contributed by atoms with E-state index in [9.17, 15) is 0 Å². The van der Waals surface area contributed by atoms with Crippen LogP contribution >= 0.6 is 0 Å². The fourth-order valence-electron chi connectivity index (χ4n) is 2.32. The van der Waals surface area contributed by atoms with Gasteiger partial charge >= 0.3 is 0 Å². The van der Waals surface area contributed by atoms with Gasteiger partial charge in [-0.25, -0.2) is 4.98 Å². The Kier molecular flexibility index (Phi) is 3.90. The molecule has 5 nitrogen and oxygen atoms in total. The molecule has 2 aromatic rings. The van der Waals surface area contributed by atoms with Crippen LogP contribution < -0.4 is 9.47 Å². The van der Waals surface area contributed by atoms with Crippen molar-refractivity contribution in [2.24, 2.45) is 4.99 Å². The Hall–Kier alpha value is -2.30. The van der Waals surface area contributed by atoms with Gasteiger partial charge in [-0.3, -0.25) is 4.99 Å². The minimum absolute atomic E-state index is 0.566. The summed E-state index contributed by atoms with van der Waals surface area (Å²) in [6.45, 7) is 0.566. The lowest BCUT2D eigenvalue weighted by Crippen LogP contribution is -1.94. The van der Waals surface area contributed by atoms with Crippen molar-refractivity contribution in [1.29, 1.82) is 0 Å². The number of ether oxygens (including phenoxy) is 2. The van der Waals surface area contributed by atoms with Crippen LogP contribution in [0.2, 0.25) is 0 Å². The van der Waals surface area contributed by atoms with Gasteiger partial charge in [-0.1, -0.05) is 0 Å². The van der Waals surface area contributed by atoms with Gasteiger partial charge in [-0.05, 0) is 25.0 Å². The second-order valence-electron chi connectivity index (χ2n) is 5.12. The Bertz CT molecular complexity index is 645. The van der Waals surface area contributed by atoms with Crippen LogP contribution in [0.4, 0.5) is 0 Å². The summed E-state index contributed by atoms with van der Waals surface area (Å²) < 4.78 is 10.6. The Balaban J connectivity index is 1.72. The van der Waals surface area contributed by atoms with Crippen LogP contribution in [0.3, 0.4) is 0 Å². The van der Waals surface area contributed by atoms with Gasteiger partial charge in [0.25, 0.3) is 0 Å². The summed E-state index contributed by atoms with van der Waals surface area (Å²) in [6, 6.07) is 5.76. The van der Waals surface area contributed by atoms with Crippen LogP contribution in [0.1, 0.15) is 35.7 Å². The van der Waals surface area contributed by atoms with Crippen molar-refractivity contribution in [2.45, 2.75) is 25.3 Å². The third-order valence-corrected chi connectivity index (χ3v) is 3.64. The maximum Gasteiger partial charge on any atom is 0.127 e. The van der Waals surface area contributed by atoms with E-state index in [-0.39, 0.29) is 0 Å². The van der Waals surface area contributed by atoms with E-state index in [0.717, 1.165) is 28.5 Å². The summed E-state index contributed by atoms with van der Waals surface area (Å²) in [6.07, 6.45) is 6.07. The molecule has 0 radical (unpaired) electrons. The molecular weight excluding hydrogens is 266 g/mol. The third-order valence-electron chi connectivity index (χ3n) is 3.64. The van der Waals surface area contributed by atoms with Crippen molar-refractivity contribution in [1.82, 2.24) is 9.97 Å². The summed E-state index contributed by atoms with van der Waals surface area (Å²) in [5, 5.41) is 0. The van der Waals surface area contributed by atoms with Crippen LogP contribution in [-0.2, 0) is 6.54 Å². The van der Waals surface area contributed by atoms with Gasteiger partial charge in [0.15, 0.2) is 0 Å². The molecule has 0 bridgehead atoms. The highest BCUT2D eigenvalue weighted by Crippen LogP contribution is 2.39. The lowest BCUT2D eigenvalue weighted by Gasteiger charge is -2.08. The molecule has 5 heteroatoms. The van der Waals surface area contributed by atoms with Crippen molar-refractivity contribution in [2.75, 3.05) is 14.2 Å². The molecule has 1 heterocycles. The SMILES string of the molecule is COc1ccc(C/N=C/c2[nH]cnc2C2CC2)c(OC)c1. The summed E-state index contributed by atoms with van der Waals surface area (Å²) in [4.78, 5) is 12.0. The van der Waals surface area contributed by atoms with Crippen LogP contribution in [0.25, 0.3) is 0 Å². The van der Waals surface area contributed by atoms with E-state index < -0.39 is 0 Å². The molecule has 3 rings (SSSR count). The first-order valence-electron chi connectivity index (χ1n) is 7.06. The minimum Gasteiger partial charge on any atom is -0.497 e. The topological polar surface area (TPSA) is 59.5 Å². The van der Waals surface area contributed by atoms with E-state index in [0.29, 0.717) is 12.5 Å². The second kappa shape index (κ2) is 5.99. The summed E-state index contributed by atoms with van der Waals surface area (Å²) in [5.41, 5.74) is 3.19. The van der Waals surface area contributed by atoms with Gasteiger partial charge in [0.2, 0.25) is 0 Å². The Morgan fingerprint density at radius 3 is 2.90 bits per heavy atom. The largest absolute Gasteiger partial charge is 0.497 e. The number of aromatic nitrogens is 2. The maximum atomic E-state index is 5.37. The first-order chi connectivity index (χ1) is 10.3. The number of imidazole rings is 1. The monoisotopic (exact) mass is 285 g/mol. The Morgan fingerprint density at radius 1 is 1.33 bits per heavy atom. The zero-order valence-electron chi connectivity index (χ0n) is 12.3. The fourth-order valence-corrected chi connectivity index (χ4v) is 2.32. The first-order valence-corrected chi connectivity index (χ1v) is 7.06. The van der Waals surface area contributed by atoms with Gasteiger partial charge in [0, 0.05) is 23.8 Å². The van der Waals surface area contributed by atoms with E-state index in [2.05, 4.69) is 15.0 Å². The predicted molar refractivity (Wildman–Crippen MR) is 81.4 cm³/mol. The number of benzene rings is 1. The number of nitrogens with zero attached hydrogens (tertiary/aromatic N) is 2. The van der Waals surface area contributed by atoms with Crippen molar-refractivity contribution >= 4 is 6.21 Å². The van der Waals surface area contributed by atoms with Gasteiger partial charge in [-0.2, -0.15) is 0 Å². The molecule has 0 saturated heterocycles. The third kappa shape index (κ3) is 3.07. The molecule has 0 amide bonds. The zero-order valence-corrected chi connectivity index (χ0v) is 12.3. The number of hydrogen-bond donors (Lipinski definition) is 1. The van der Waals surface area contributed by atoms with Crippen LogP contribution in [0, 0.1) is 0 Å². The molecule has 1 aliphatic carbocycles. The maximum absolute atomic E-state index is 5.37. The lowest BCUT2D eigenvalue weighted by molar-refractivity contribution is 0.391. The molecular formula is C16H19N3O2. The van der Waals surface area contributed by atoms with Gasteiger partial charge in [0.1, 0.15) is 11.5 Å². The summed E-state index contributed by atoms with van der Waals surface area (Å²) >= 11 is 0. The van der Waals surface area contributed by atoms with Crippen molar-refractivity contribution in [3.05, 3.63) is 41.5 Å². The molecule has 1 fully saturated rings. The standard InChI is InChI=1S/C16H19N3O2/c1-20-13-6-5-12(15(7-13)21-2)8-17-9-14-16(11-3-4-11)19-10-18-14/h5-7,9-11H,3-4,8H2,1-2H3,(H,18,19)/b17-9+. The van der Waals surface area contributed by atoms with Crippen molar-refractivity contribution in [3.63, 3.8) is 0 Å². The predicted octanol–water partition coefficient (Wildman–Crippen LogP) is 2.92. The van der Waals surface area contributed by atoms with Crippen LogP contribution in [0.15, 0.2) is 29.5 Å². The van der Waals surface area contributed by atoms with E-state index in [1.54, 1.807) is 20.5 Å². The normalized spacial score (nSPS) is 14.6. The van der Waals surface area contributed by atoms with Crippen LogP contribution in [0.5, 0.6) is 11.5 Å². The minimum atomic E-state index is 0.566. The van der Waals surface area contributed by atoms with E-state index in [4.69, 9.17) is 9.47 Å². The Morgan fingerprint density at radius 2 is 2.19 bits per heavy atom. The van der Waals surface area contributed by atoms with Crippen LogP contribution in [-0.4, -0.2) is 30.4 Å². The molecule has 110 valence electrons. The number of methoxy groups -OCH3 is 2. The molecule has 0 aliphatic heterocycles. The number of aromatic amines is 1. The molecule has 1 saturated carbocycles. The number of nitrogens with one attached hydrogen (secondary N) is 1. The highest BCUT2D eigenvalue weighted by molar-refractivity contribution is 5.79. The zero-order chi connectivity index (χ0) is 14.7. The molecule has 0 atom stereocenters. The number of rotatable bonds is 6. The van der Waals surface area contributed by atoms with Gasteiger partial charge in [0.05, 0.1) is 38.5 Å². The number of hydrogen-bond acceptors (Lipinski definition) is 4. The van der Waals surface area contributed by atoms with Gasteiger partial charge < -0.3 is 14.5 Å². The smallest absolute Gasteiger partial charge is 0.127 e. The highest BCUT2D eigenvalue weighted by Gasteiger charge is 2.27. The number of H-pyrrole nitrogens is 1. The molecule has 1 N–H and O–H groups in total. The van der Waals surface area contributed by atoms with E-state index >= 15 is 0 Å². The summed E-state index contributed by atoms with van der Waals surface area (Å²) in [7, 11) is 3.30. The number of aliphatic imine (C=N–C) groups is 1. The van der Waals surface area contributed by atoms with E-state index in [1.165, 1.54) is 12.8 Å². The lowest BCUT2D eigenvalue weighted by atomic mass is 10.2.